The normalized spacial score (nSPS) is 18.2. The molecule has 394 valence electrons. The first-order chi connectivity index (χ1) is 34.7. The maximum atomic E-state index is 14.3. The average molecular weight is 1000 g/mol. The van der Waals surface area contributed by atoms with Crippen molar-refractivity contribution in [2.45, 2.75) is 143 Å². The smallest absolute Gasteiger partial charge is 0.490 e. The van der Waals surface area contributed by atoms with Crippen molar-refractivity contribution in [2.24, 2.45) is 5.92 Å². The summed E-state index contributed by atoms with van der Waals surface area (Å²) in [6.45, 7) is 28.0. The summed E-state index contributed by atoms with van der Waals surface area (Å²) in [6, 6.07) is 25.0. The highest BCUT2D eigenvalue weighted by Gasteiger charge is 2.55. The fourth-order valence-electron chi connectivity index (χ4n) is 10.2. The van der Waals surface area contributed by atoms with E-state index in [0.717, 1.165) is 88.6 Å². The van der Waals surface area contributed by atoms with Crippen LogP contribution in [-0.2, 0) is 54.1 Å². The molecule has 12 nitrogen and oxygen atoms in total. The predicted octanol–water partition coefficient (Wildman–Crippen LogP) is 9.86. The molecule has 3 aliphatic rings. The van der Waals surface area contributed by atoms with Crippen molar-refractivity contribution in [1.82, 2.24) is 0 Å². The summed E-state index contributed by atoms with van der Waals surface area (Å²) in [7, 11) is 0.290. The van der Waals surface area contributed by atoms with Crippen molar-refractivity contribution in [3.05, 3.63) is 112 Å². The summed E-state index contributed by atoms with van der Waals surface area (Å²) in [5.74, 6) is 0.135. The number of benzene rings is 4. The summed E-state index contributed by atoms with van der Waals surface area (Å²) in [5, 5.41) is 0. The van der Waals surface area contributed by atoms with Gasteiger partial charge in [-0.2, -0.15) is 0 Å². The number of carbonyl (C=O) groups excluding carboxylic acids is 2. The molecule has 4 aromatic rings. The minimum Gasteiger partial charge on any atom is -0.490 e. The molecule has 2 heterocycles. The highest BCUT2D eigenvalue weighted by atomic mass is 16.7. The van der Waals surface area contributed by atoms with E-state index in [1.54, 1.807) is 21.0 Å². The summed E-state index contributed by atoms with van der Waals surface area (Å²) in [4.78, 5) is 28.5. The molecule has 0 amide bonds. The van der Waals surface area contributed by atoms with Crippen LogP contribution in [0.25, 0.3) is 11.1 Å². The second kappa shape index (κ2) is 23.7. The SMILES string of the molecule is CCCOCCC(CCC)Cc1ccc(C2(c3ccc(OCCOCCOCCOC)c(C(=O)OCC)c3)c3cc(B4OC(C)(C)C(C)(C)O4)ccc3-c3ccc(B4OC(C)(C)C(C)(C)O4)cc32)cc1C(C)=O. The lowest BCUT2D eigenvalue weighted by Crippen LogP contribution is -2.41. The van der Waals surface area contributed by atoms with E-state index in [4.69, 9.17) is 47.0 Å². The highest BCUT2D eigenvalue weighted by molar-refractivity contribution is 6.62. The van der Waals surface area contributed by atoms with Crippen molar-refractivity contribution >= 4 is 36.9 Å². The predicted molar refractivity (Wildman–Crippen MR) is 288 cm³/mol. The van der Waals surface area contributed by atoms with Crippen LogP contribution in [0.3, 0.4) is 0 Å². The molecule has 0 saturated carbocycles. The first kappa shape index (κ1) is 56.4. The lowest BCUT2D eigenvalue weighted by Gasteiger charge is -2.35. The van der Waals surface area contributed by atoms with E-state index >= 15 is 0 Å². The maximum Gasteiger partial charge on any atom is 0.494 e. The highest BCUT2D eigenvalue weighted by Crippen LogP contribution is 2.57. The van der Waals surface area contributed by atoms with Crippen LogP contribution in [0, 0.1) is 5.92 Å². The first-order valence-corrected chi connectivity index (χ1v) is 26.6. The van der Waals surface area contributed by atoms with Crippen molar-refractivity contribution in [3.8, 4) is 16.9 Å². The van der Waals surface area contributed by atoms with Gasteiger partial charge in [-0.3, -0.25) is 4.79 Å². The van der Waals surface area contributed by atoms with Gasteiger partial charge in [-0.05, 0) is 162 Å². The van der Waals surface area contributed by atoms with E-state index in [9.17, 15) is 9.59 Å². The summed E-state index contributed by atoms with van der Waals surface area (Å²) in [5.41, 5.74) is 5.54. The van der Waals surface area contributed by atoms with Crippen LogP contribution < -0.4 is 15.7 Å². The average Bonchev–Trinajstić information content (AvgIpc) is 3.86. The zero-order valence-electron chi connectivity index (χ0n) is 46.0. The van der Waals surface area contributed by atoms with Crippen LogP contribution in [-0.4, -0.2) is 115 Å². The van der Waals surface area contributed by atoms with Gasteiger partial charge in [-0.25, -0.2) is 4.79 Å². The van der Waals surface area contributed by atoms with Crippen LogP contribution in [0.2, 0.25) is 0 Å². The monoisotopic (exact) mass is 1000 g/mol. The van der Waals surface area contributed by atoms with Gasteiger partial charge in [-0.1, -0.05) is 81.3 Å². The van der Waals surface area contributed by atoms with Crippen LogP contribution in [0.1, 0.15) is 157 Å². The summed E-state index contributed by atoms with van der Waals surface area (Å²) in [6.07, 6.45) is 4.65. The van der Waals surface area contributed by atoms with E-state index in [1.807, 2.05) is 18.2 Å². The number of ether oxygens (including phenoxy) is 6. The van der Waals surface area contributed by atoms with Gasteiger partial charge >= 0.3 is 20.2 Å². The van der Waals surface area contributed by atoms with E-state index in [0.29, 0.717) is 50.3 Å². The van der Waals surface area contributed by atoms with Gasteiger partial charge in [0, 0.05) is 25.9 Å². The van der Waals surface area contributed by atoms with Crippen molar-refractivity contribution < 1.29 is 56.6 Å². The third kappa shape index (κ3) is 11.9. The molecule has 1 atom stereocenters. The third-order valence-corrected chi connectivity index (χ3v) is 15.6. The number of carbonyl (C=O) groups is 2. The Morgan fingerprint density at radius 2 is 1.07 bits per heavy atom. The van der Waals surface area contributed by atoms with E-state index in [1.165, 1.54) is 0 Å². The van der Waals surface area contributed by atoms with Gasteiger partial charge in [0.25, 0.3) is 0 Å². The Kier molecular flexibility index (Phi) is 18.3. The summed E-state index contributed by atoms with van der Waals surface area (Å²) >= 11 is 0. The Balaban J connectivity index is 1.45. The molecule has 1 aliphatic carbocycles. The molecule has 0 bridgehead atoms. The maximum absolute atomic E-state index is 14.3. The van der Waals surface area contributed by atoms with E-state index in [-0.39, 0.29) is 31.2 Å². The Hall–Kier alpha value is -4.37. The number of esters is 1. The molecular weight excluding hydrogens is 922 g/mol. The van der Waals surface area contributed by atoms with Crippen LogP contribution in [0.15, 0.2) is 72.8 Å². The molecule has 0 N–H and O–H groups in total. The van der Waals surface area contributed by atoms with E-state index in [2.05, 4.69) is 124 Å². The Labute approximate surface area is 436 Å². The number of hydrogen-bond donors (Lipinski definition) is 0. The van der Waals surface area contributed by atoms with Gasteiger partial charge in [0.2, 0.25) is 0 Å². The van der Waals surface area contributed by atoms with Crippen LogP contribution in [0.4, 0.5) is 0 Å². The van der Waals surface area contributed by atoms with Gasteiger partial charge in [0.1, 0.15) is 17.9 Å². The van der Waals surface area contributed by atoms with Gasteiger partial charge in [-0.15, -0.1) is 0 Å². The lowest BCUT2D eigenvalue weighted by molar-refractivity contribution is 0.00578. The molecule has 1 unspecified atom stereocenters. The molecule has 14 heteroatoms. The Bertz CT molecular complexity index is 2430. The molecule has 2 saturated heterocycles. The number of methoxy groups -OCH3 is 1. The van der Waals surface area contributed by atoms with Crippen LogP contribution in [0.5, 0.6) is 5.75 Å². The topological polar surface area (TPSA) is 126 Å². The lowest BCUT2D eigenvalue weighted by atomic mass is 9.64. The molecule has 2 aliphatic heterocycles. The quantitative estimate of drug-likeness (QED) is 0.0227. The Morgan fingerprint density at radius 1 is 0.562 bits per heavy atom. The van der Waals surface area contributed by atoms with Crippen LogP contribution >= 0.6 is 0 Å². The molecule has 0 spiro atoms. The number of rotatable bonds is 26. The molecule has 0 aromatic heterocycles. The minimum absolute atomic E-state index is 0.0282. The Morgan fingerprint density at radius 3 is 1.58 bits per heavy atom. The van der Waals surface area contributed by atoms with Gasteiger partial charge in [0.05, 0.1) is 67.5 Å². The van der Waals surface area contributed by atoms with E-state index < -0.39 is 48.0 Å². The standard InChI is InChI=1S/C59H80B2O12/c1-14-17-41(26-28-65-27-15-2)35-42-18-19-43(36-49(42)40(4)62)59(44-20-25-53(50(37-44)54(63)68-16-3)69-34-33-67-32-31-66-30-29-64-13)51-38-45(60-70-55(5,6)56(7,8)71-60)21-23-47(51)48-24-22-46(39-52(48)59)61-72-57(9,10)58(11,12)73-61/h18-25,36-39,41H,14-17,26-35H2,1-13H3. The van der Waals surface area contributed by atoms with Gasteiger partial charge < -0.3 is 47.0 Å². The first-order valence-electron chi connectivity index (χ1n) is 26.6. The second-order valence-electron chi connectivity index (χ2n) is 21.7. The number of Topliss-reactive ketones (excluding diaryl/α,β-unsaturated/α-hetero) is 1. The third-order valence-electron chi connectivity index (χ3n) is 15.6. The second-order valence-corrected chi connectivity index (χ2v) is 21.7. The fourth-order valence-corrected chi connectivity index (χ4v) is 10.2. The molecule has 2 fully saturated rings. The molecule has 7 rings (SSSR count). The van der Waals surface area contributed by atoms with Crippen molar-refractivity contribution in [1.29, 1.82) is 0 Å². The zero-order valence-corrected chi connectivity index (χ0v) is 46.0. The number of ketones is 1. The molecular formula is C59H80B2O12. The zero-order chi connectivity index (χ0) is 52.8. The van der Waals surface area contributed by atoms with Crippen molar-refractivity contribution in [2.75, 3.05) is 66.6 Å². The largest absolute Gasteiger partial charge is 0.494 e. The van der Waals surface area contributed by atoms with Gasteiger partial charge in [0.15, 0.2) is 5.78 Å². The van der Waals surface area contributed by atoms with Crippen molar-refractivity contribution in [3.63, 3.8) is 0 Å². The molecule has 0 radical (unpaired) electrons. The minimum atomic E-state index is -1.14. The fraction of sp³-hybridized carbons (Fsp3) is 0.559. The number of fused-ring (bicyclic) bond motifs is 3. The summed E-state index contributed by atoms with van der Waals surface area (Å²) < 4.78 is 61.4. The molecule has 4 aromatic carbocycles. The number of hydrogen-bond acceptors (Lipinski definition) is 12. The molecule has 73 heavy (non-hydrogen) atoms.